The molecule has 0 saturated carbocycles. The number of carbonyl (C=O) groups is 3. The lowest BCUT2D eigenvalue weighted by atomic mass is 10.1. The number of carbonyl (C=O) groups excluding carboxylic acids is 3. The molecule has 0 aromatic heterocycles. The second-order valence-electron chi connectivity index (χ2n) is 5.93. The van der Waals surface area contributed by atoms with Crippen LogP contribution >= 0.6 is 11.8 Å². The van der Waals surface area contributed by atoms with Gasteiger partial charge in [0.1, 0.15) is 11.8 Å². The monoisotopic (exact) mass is 401 g/mol. The summed E-state index contributed by atoms with van der Waals surface area (Å²) in [5.41, 5.74) is 6.07. The minimum absolute atomic E-state index is 0.180. The Balaban J connectivity index is 1.93. The molecule has 1 unspecified atom stereocenters. The second kappa shape index (κ2) is 11.0. The van der Waals surface area contributed by atoms with Gasteiger partial charge in [-0.3, -0.25) is 14.4 Å². The highest BCUT2D eigenvalue weighted by atomic mass is 32.2. The van der Waals surface area contributed by atoms with Crippen LogP contribution < -0.4 is 21.1 Å². The first kappa shape index (κ1) is 21.3. The van der Waals surface area contributed by atoms with Crippen LogP contribution in [0.25, 0.3) is 0 Å². The highest BCUT2D eigenvalue weighted by Gasteiger charge is 2.21. The minimum atomic E-state index is -0.699. The van der Waals surface area contributed by atoms with Crippen LogP contribution in [0.2, 0.25) is 0 Å². The number of primary amides is 1. The molecule has 2 rings (SSSR count). The van der Waals surface area contributed by atoms with Crippen LogP contribution in [0.15, 0.2) is 54.6 Å². The Kier molecular flexibility index (Phi) is 8.36. The third-order valence-electron chi connectivity index (χ3n) is 3.81. The maximum Gasteiger partial charge on any atom is 0.258 e. The number of rotatable bonds is 10. The molecule has 3 amide bonds. The van der Waals surface area contributed by atoms with Gasteiger partial charge in [0.2, 0.25) is 11.8 Å². The first-order chi connectivity index (χ1) is 13.5. The van der Waals surface area contributed by atoms with Crippen molar-refractivity contribution in [3.63, 3.8) is 0 Å². The van der Waals surface area contributed by atoms with E-state index in [1.165, 1.54) is 12.1 Å². The molecule has 0 radical (unpaired) electrons. The van der Waals surface area contributed by atoms with Gasteiger partial charge in [-0.05, 0) is 54.8 Å². The van der Waals surface area contributed by atoms with Crippen molar-refractivity contribution in [2.75, 3.05) is 23.9 Å². The van der Waals surface area contributed by atoms with Gasteiger partial charge in [-0.1, -0.05) is 18.2 Å². The highest BCUT2D eigenvalue weighted by Crippen LogP contribution is 2.11. The fraction of sp³-hybridized carbons (Fsp3) is 0.250. The van der Waals surface area contributed by atoms with E-state index in [1.54, 1.807) is 36.0 Å². The molecule has 0 bridgehead atoms. The largest absolute Gasteiger partial charge is 0.484 e. The summed E-state index contributed by atoms with van der Waals surface area (Å²) in [6.07, 6.45) is 2.40. The zero-order valence-electron chi connectivity index (χ0n) is 15.5. The van der Waals surface area contributed by atoms with E-state index in [9.17, 15) is 14.4 Å². The topological polar surface area (TPSA) is 111 Å². The third kappa shape index (κ3) is 6.96. The highest BCUT2D eigenvalue weighted by molar-refractivity contribution is 7.98. The predicted octanol–water partition coefficient (Wildman–Crippen LogP) is 2.04. The van der Waals surface area contributed by atoms with Gasteiger partial charge in [-0.2, -0.15) is 11.8 Å². The van der Waals surface area contributed by atoms with Gasteiger partial charge in [0.05, 0.1) is 0 Å². The molecule has 28 heavy (non-hydrogen) atoms. The van der Waals surface area contributed by atoms with Crippen LogP contribution in [0.1, 0.15) is 16.8 Å². The fourth-order valence-electron chi connectivity index (χ4n) is 2.35. The van der Waals surface area contributed by atoms with E-state index < -0.39 is 11.9 Å². The molecule has 4 N–H and O–H groups in total. The lowest BCUT2D eigenvalue weighted by Gasteiger charge is -2.18. The molecule has 0 spiro atoms. The number of para-hydroxylation sites is 1. The molecule has 0 aliphatic heterocycles. The number of hydrogen-bond donors (Lipinski definition) is 3. The summed E-state index contributed by atoms with van der Waals surface area (Å²) in [7, 11) is 0. The number of anilines is 1. The molecular formula is C20H23N3O4S. The predicted molar refractivity (Wildman–Crippen MR) is 110 cm³/mol. The zero-order chi connectivity index (χ0) is 20.4. The molecular weight excluding hydrogens is 378 g/mol. The third-order valence-corrected chi connectivity index (χ3v) is 4.46. The van der Waals surface area contributed by atoms with Gasteiger partial charge in [0, 0.05) is 11.3 Å². The standard InChI is InChI=1S/C20H23N3O4S/c1-28-12-11-17(23-18(24)13-27-16-5-3-2-4-6-16)20(26)22-15-9-7-14(8-10-15)19(21)25/h2-10,17H,11-13H2,1H3,(H2,21,25)(H,22,26)(H,23,24). The summed E-state index contributed by atoms with van der Waals surface area (Å²) in [5, 5.41) is 5.45. The van der Waals surface area contributed by atoms with E-state index in [-0.39, 0.29) is 18.4 Å². The summed E-state index contributed by atoms with van der Waals surface area (Å²) >= 11 is 1.58. The fourth-order valence-corrected chi connectivity index (χ4v) is 2.82. The maximum absolute atomic E-state index is 12.6. The number of nitrogens with two attached hydrogens (primary N) is 1. The van der Waals surface area contributed by atoms with Gasteiger partial charge >= 0.3 is 0 Å². The Bertz CT molecular complexity index is 797. The average Bonchev–Trinajstić information content (AvgIpc) is 2.70. The van der Waals surface area contributed by atoms with Crippen LogP contribution in [0.3, 0.4) is 0 Å². The number of ether oxygens (including phenoxy) is 1. The quantitative estimate of drug-likeness (QED) is 0.564. The Morgan fingerprint density at radius 2 is 1.75 bits per heavy atom. The van der Waals surface area contributed by atoms with E-state index in [2.05, 4.69) is 10.6 Å². The summed E-state index contributed by atoms with van der Waals surface area (Å²) < 4.78 is 5.41. The van der Waals surface area contributed by atoms with Gasteiger partial charge < -0.3 is 21.1 Å². The summed E-state index contributed by atoms with van der Waals surface area (Å²) in [6.45, 7) is -0.180. The first-order valence-electron chi connectivity index (χ1n) is 8.66. The van der Waals surface area contributed by atoms with Gasteiger partial charge in [-0.15, -0.1) is 0 Å². The molecule has 0 aliphatic carbocycles. The molecule has 0 saturated heterocycles. The van der Waals surface area contributed by atoms with Crippen LogP contribution in [-0.2, 0) is 9.59 Å². The maximum atomic E-state index is 12.6. The van der Waals surface area contributed by atoms with E-state index in [0.717, 1.165) is 0 Å². The van der Waals surface area contributed by atoms with Crippen LogP contribution in [0.5, 0.6) is 5.75 Å². The molecule has 0 fully saturated rings. The van der Waals surface area contributed by atoms with Crippen LogP contribution in [0.4, 0.5) is 5.69 Å². The first-order valence-corrected chi connectivity index (χ1v) is 10.1. The summed E-state index contributed by atoms with van der Waals surface area (Å²) in [6, 6.07) is 14.5. The van der Waals surface area contributed by atoms with Crippen LogP contribution in [-0.4, -0.2) is 42.4 Å². The molecule has 148 valence electrons. The van der Waals surface area contributed by atoms with E-state index in [0.29, 0.717) is 29.2 Å². The lowest BCUT2D eigenvalue weighted by Crippen LogP contribution is -2.45. The summed E-state index contributed by atoms with van der Waals surface area (Å²) in [5.74, 6) is 0.0280. The van der Waals surface area contributed by atoms with E-state index in [1.807, 2.05) is 24.5 Å². The lowest BCUT2D eigenvalue weighted by molar-refractivity contribution is -0.127. The van der Waals surface area contributed by atoms with Gasteiger partial charge in [-0.25, -0.2) is 0 Å². The molecule has 7 nitrogen and oxygen atoms in total. The van der Waals surface area contributed by atoms with Gasteiger partial charge in [0.25, 0.3) is 5.91 Å². The Morgan fingerprint density at radius 3 is 2.36 bits per heavy atom. The molecule has 2 aromatic carbocycles. The van der Waals surface area contributed by atoms with Crippen molar-refractivity contribution in [2.45, 2.75) is 12.5 Å². The minimum Gasteiger partial charge on any atom is -0.484 e. The molecule has 2 aromatic rings. The second-order valence-corrected chi connectivity index (χ2v) is 6.92. The number of thioether (sulfide) groups is 1. The van der Waals surface area contributed by atoms with Crippen molar-refractivity contribution in [3.8, 4) is 5.75 Å². The Hall–Kier alpha value is -3.00. The normalized spacial score (nSPS) is 11.3. The Labute approximate surface area is 168 Å². The average molecular weight is 401 g/mol. The number of amides is 3. The van der Waals surface area contributed by atoms with Crippen molar-refractivity contribution in [1.29, 1.82) is 0 Å². The molecule has 0 heterocycles. The smallest absolute Gasteiger partial charge is 0.258 e. The molecule has 8 heteroatoms. The van der Waals surface area contributed by atoms with Gasteiger partial charge in [0.15, 0.2) is 6.61 Å². The van der Waals surface area contributed by atoms with E-state index >= 15 is 0 Å². The summed E-state index contributed by atoms with van der Waals surface area (Å²) in [4.78, 5) is 35.9. The van der Waals surface area contributed by atoms with Crippen molar-refractivity contribution in [3.05, 3.63) is 60.2 Å². The SMILES string of the molecule is CSCCC(NC(=O)COc1ccccc1)C(=O)Nc1ccc(C(N)=O)cc1. The Morgan fingerprint density at radius 1 is 1.07 bits per heavy atom. The van der Waals surface area contributed by atoms with Crippen molar-refractivity contribution in [1.82, 2.24) is 5.32 Å². The number of benzene rings is 2. The van der Waals surface area contributed by atoms with E-state index in [4.69, 9.17) is 10.5 Å². The molecule has 0 aliphatic rings. The number of nitrogens with one attached hydrogen (secondary N) is 2. The zero-order valence-corrected chi connectivity index (χ0v) is 16.3. The molecule has 1 atom stereocenters. The number of hydrogen-bond acceptors (Lipinski definition) is 5. The van der Waals surface area contributed by atoms with Crippen molar-refractivity contribution < 1.29 is 19.1 Å². The van der Waals surface area contributed by atoms with Crippen molar-refractivity contribution in [2.24, 2.45) is 5.73 Å². The van der Waals surface area contributed by atoms with Crippen molar-refractivity contribution >= 4 is 35.2 Å². The van der Waals surface area contributed by atoms with Crippen LogP contribution in [0, 0.1) is 0 Å².